The van der Waals surface area contributed by atoms with E-state index in [0.29, 0.717) is 25.6 Å². The molecular formula is C24H30FNO3. The number of benzene rings is 2. The molecule has 1 saturated heterocycles. The van der Waals surface area contributed by atoms with Gasteiger partial charge < -0.3 is 14.4 Å². The van der Waals surface area contributed by atoms with E-state index in [1.165, 1.54) is 11.6 Å². The first-order chi connectivity index (χ1) is 13.7. The van der Waals surface area contributed by atoms with Gasteiger partial charge in [-0.05, 0) is 75.3 Å². The van der Waals surface area contributed by atoms with Crippen LogP contribution in [0.15, 0.2) is 42.5 Å². The van der Waals surface area contributed by atoms with Crippen LogP contribution in [-0.2, 0) is 11.3 Å². The number of hydrogen-bond acceptors (Lipinski definition) is 3. The van der Waals surface area contributed by atoms with Gasteiger partial charge >= 0.3 is 6.09 Å². The molecule has 0 unspecified atom stereocenters. The van der Waals surface area contributed by atoms with Gasteiger partial charge in [-0.15, -0.1) is 0 Å². The van der Waals surface area contributed by atoms with E-state index in [2.05, 4.69) is 12.1 Å². The normalized spacial score (nSPS) is 15.3. The Morgan fingerprint density at radius 3 is 2.34 bits per heavy atom. The fraction of sp³-hybridized carbons (Fsp3) is 0.458. The van der Waals surface area contributed by atoms with Crippen molar-refractivity contribution < 1.29 is 18.7 Å². The summed E-state index contributed by atoms with van der Waals surface area (Å²) < 4.78 is 24.9. The van der Waals surface area contributed by atoms with Gasteiger partial charge in [0.1, 0.15) is 12.2 Å². The van der Waals surface area contributed by atoms with Gasteiger partial charge in [-0.3, -0.25) is 0 Å². The lowest BCUT2D eigenvalue weighted by Crippen LogP contribution is -2.41. The lowest BCUT2D eigenvalue weighted by Gasteiger charge is -2.33. The summed E-state index contributed by atoms with van der Waals surface area (Å²) in [6, 6.07) is 13.3. The van der Waals surface area contributed by atoms with Crippen molar-refractivity contribution in [2.45, 2.75) is 58.7 Å². The van der Waals surface area contributed by atoms with Crippen LogP contribution in [0.1, 0.15) is 56.2 Å². The summed E-state index contributed by atoms with van der Waals surface area (Å²) in [5, 5.41) is 0. The van der Waals surface area contributed by atoms with Gasteiger partial charge in [0.2, 0.25) is 0 Å². The number of amides is 1. The minimum absolute atomic E-state index is 0.230. The Morgan fingerprint density at radius 2 is 1.76 bits per heavy atom. The average Bonchev–Trinajstić information content (AvgIpc) is 2.66. The number of nitrogens with zero attached hydrogens (tertiary/aromatic N) is 1. The van der Waals surface area contributed by atoms with E-state index in [-0.39, 0.29) is 17.7 Å². The third-order valence-electron chi connectivity index (χ3n) is 5.08. The molecule has 29 heavy (non-hydrogen) atoms. The van der Waals surface area contributed by atoms with Crippen LogP contribution in [0.4, 0.5) is 9.18 Å². The third-order valence-corrected chi connectivity index (χ3v) is 5.08. The highest BCUT2D eigenvalue weighted by Gasteiger charge is 2.27. The lowest BCUT2D eigenvalue weighted by atomic mass is 9.89. The number of rotatable bonds is 4. The maximum atomic E-state index is 13.9. The first kappa shape index (κ1) is 21.2. The molecule has 0 bridgehead atoms. The Labute approximate surface area is 172 Å². The highest BCUT2D eigenvalue weighted by molar-refractivity contribution is 5.68. The summed E-state index contributed by atoms with van der Waals surface area (Å²) in [6.07, 6.45) is 1.61. The molecule has 0 spiro atoms. The topological polar surface area (TPSA) is 38.8 Å². The van der Waals surface area contributed by atoms with Crippen LogP contribution in [0.5, 0.6) is 5.75 Å². The monoisotopic (exact) mass is 399 g/mol. The Bertz CT molecular complexity index is 834. The second-order valence-corrected chi connectivity index (χ2v) is 8.71. The first-order valence-corrected chi connectivity index (χ1v) is 10.2. The molecule has 0 aliphatic carbocycles. The number of ether oxygens (including phenoxy) is 2. The molecule has 0 atom stereocenters. The summed E-state index contributed by atoms with van der Waals surface area (Å²) in [4.78, 5) is 14.0. The second-order valence-electron chi connectivity index (χ2n) is 8.71. The van der Waals surface area contributed by atoms with E-state index >= 15 is 0 Å². The standard InChI is InChI=1S/C24H30FNO3/c1-17-5-10-22(21(25)15-17)28-16-18-6-8-19(9-7-18)20-11-13-26(14-12-20)23(27)29-24(2,3)4/h5-10,15,20H,11-14,16H2,1-4H3. The summed E-state index contributed by atoms with van der Waals surface area (Å²) in [5.74, 6) is 0.366. The number of hydrogen-bond donors (Lipinski definition) is 0. The van der Waals surface area contributed by atoms with E-state index in [1.807, 2.05) is 45.9 Å². The van der Waals surface area contributed by atoms with Gasteiger partial charge in [-0.1, -0.05) is 30.3 Å². The van der Waals surface area contributed by atoms with E-state index in [0.717, 1.165) is 24.0 Å². The van der Waals surface area contributed by atoms with Crippen molar-refractivity contribution in [2.24, 2.45) is 0 Å². The SMILES string of the molecule is Cc1ccc(OCc2ccc(C3CCN(C(=O)OC(C)(C)C)CC3)cc2)c(F)c1. The zero-order valence-electron chi connectivity index (χ0n) is 17.7. The van der Waals surface area contributed by atoms with Crippen LogP contribution in [0.3, 0.4) is 0 Å². The van der Waals surface area contributed by atoms with E-state index in [9.17, 15) is 9.18 Å². The molecule has 1 aliphatic heterocycles. The largest absolute Gasteiger partial charge is 0.486 e. The van der Waals surface area contributed by atoms with Crippen molar-refractivity contribution in [1.82, 2.24) is 4.90 Å². The second kappa shape index (κ2) is 8.85. The van der Waals surface area contributed by atoms with Gasteiger partial charge in [0, 0.05) is 13.1 Å². The molecule has 3 rings (SSSR count). The predicted molar refractivity (Wildman–Crippen MR) is 112 cm³/mol. The predicted octanol–water partition coefficient (Wildman–Crippen LogP) is 5.83. The van der Waals surface area contributed by atoms with Crippen LogP contribution >= 0.6 is 0 Å². The van der Waals surface area contributed by atoms with Crippen molar-refractivity contribution in [2.75, 3.05) is 13.1 Å². The van der Waals surface area contributed by atoms with Crippen LogP contribution in [0.25, 0.3) is 0 Å². The lowest BCUT2D eigenvalue weighted by molar-refractivity contribution is 0.0205. The Morgan fingerprint density at radius 1 is 1.10 bits per heavy atom. The summed E-state index contributed by atoms with van der Waals surface area (Å²) >= 11 is 0. The Hall–Kier alpha value is -2.56. The molecular weight excluding hydrogens is 369 g/mol. The highest BCUT2D eigenvalue weighted by Crippen LogP contribution is 2.29. The van der Waals surface area contributed by atoms with Crippen LogP contribution in [0, 0.1) is 12.7 Å². The molecule has 1 heterocycles. The third kappa shape index (κ3) is 5.96. The number of carbonyl (C=O) groups excluding carboxylic acids is 1. The van der Waals surface area contributed by atoms with Gasteiger partial charge in [-0.2, -0.15) is 0 Å². The summed E-state index contributed by atoms with van der Waals surface area (Å²) in [6.45, 7) is 9.25. The average molecular weight is 400 g/mol. The number of halogens is 1. The van der Waals surface area contributed by atoms with Gasteiger partial charge in [0.15, 0.2) is 11.6 Å². The molecule has 0 radical (unpaired) electrons. The Balaban J connectivity index is 1.51. The maximum absolute atomic E-state index is 13.9. The first-order valence-electron chi connectivity index (χ1n) is 10.2. The van der Waals surface area contributed by atoms with E-state index in [1.54, 1.807) is 11.0 Å². The van der Waals surface area contributed by atoms with Crippen LogP contribution in [0.2, 0.25) is 0 Å². The summed E-state index contributed by atoms with van der Waals surface area (Å²) in [5.41, 5.74) is 2.67. The highest BCUT2D eigenvalue weighted by atomic mass is 19.1. The maximum Gasteiger partial charge on any atom is 0.410 e. The van der Waals surface area contributed by atoms with Gasteiger partial charge in [0.25, 0.3) is 0 Å². The molecule has 2 aromatic rings. The van der Waals surface area contributed by atoms with Gasteiger partial charge in [-0.25, -0.2) is 9.18 Å². The smallest absolute Gasteiger partial charge is 0.410 e. The van der Waals surface area contributed by atoms with Crippen LogP contribution in [-0.4, -0.2) is 29.7 Å². The van der Waals surface area contributed by atoms with Crippen molar-refractivity contribution >= 4 is 6.09 Å². The van der Waals surface area contributed by atoms with E-state index < -0.39 is 5.60 Å². The molecule has 1 amide bonds. The number of piperidine rings is 1. The molecule has 0 saturated carbocycles. The zero-order valence-corrected chi connectivity index (χ0v) is 17.7. The molecule has 4 nitrogen and oxygen atoms in total. The van der Waals surface area contributed by atoms with Crippen molar-refractivity contribution in [3.63, 3.8) is 0 Å². The molecule has 156 valence electrons. The molecule has 5 heteroatoms. The number of likely N-dealkylation sites (tertiary alicyclic amines) is 1. The van der Waals surface area contributed by atoms with Crippen molar-refractivity contribution in [3.05, 3.63) is 65.0 Å². The summed E-state index contributed by atoms with van der Waals surface area (Å²) in [7, 11) is 0. The fourth-order valence-corrected chi connectivity index (χ4v) is 3.49. The molecule has 0 N–H and O–H groups in total. The molecule has 2 aromatic carbocycles. The minimum atomic E-state index is -0.465. The van der Waals surface area contributed by atoms with Crippen molar-refractivity contribution in [3.8, 4) is 5.75 Å². The van der Waals surface area contributed by atoms with Crippen LogP contribution < -0.4 is 4.74 Å². The van der Waals surface area contributed by atoms with Gasteiger partial charge in [0.05, 0.1) is 0 Å². The Kier molecular flexibility index (Phi) is 6.46. The van der Waals surface area contributed by atoms with Crippen molar-refractivity contribution in [1.29, 1.82) is 0 Å². The zero-order chi connectivity index (χ0) is 21.0. The molecule has 1 fully saturated rings. The fourth-order valence-electron chi connectivity index (χ4n) is 3.49. The quantitative estimate of drug-likeness (QED) is 0.649. The number of aryl methyl sites for hydroxylation is 1. The number of carbonyl (C=O) groups is 1. The van der Waals surface area contributed by atoms with E-state index in [4.69, 9.17) is 9.47 Å². The molecule has 1 aliphatic rings. The minimum Gasteiger partial charge on any atom is -0.486 e. The molecule has 0 aromatic heterocycles.